The monoisotopic (exact) mass is 525 g/mol. The smallest absolute Gasteiger partial charge is 0.422 e. The molecule has 19 heteroatoms. The fourth-order valence-corrected chi connectivity index (χ4v) is 3.65. The van der Waals surface area contributed by atoms with Gasteiger partial charge in [0.15, 0.2) is 17.4 Å². The van der Waals surface area contributed by atoms with Crippen molar-refractivity contribution >= 4 is 51.0 Å². The second kappa shape index (κ2) is 10.5. The molecular formula is C15H20ClN7O10S. The van der Waals surface area contributed by atoms with Crippen molar-refractivity contribution in [2.45, 2.75) is 24.5 Å². The summed E-state index contributed by atoms with van der Waals surface area (Å²) < 4.78 is 41.1. The molecule has 188 valence electrons. The number of nitrogens with two attached hydrogens (primary N) is 1. The van der Waals surface area contributed by atoms with Crippen molar-refractivity contribution in [2.75, 3.05) is 31.4 Å². The summed E-state index contributed by atoms with van der Waals surface area (Å²) in [4.78, 5) is 44.4. The Morgan fingerprint density at radius 3 is 2.79 bits per heavy atom. The van der Waals surface area contributed by atoms with Gasteiger partial charge in [0.1, 0.15) is 30.8 Å². The zero-order valence-corrected chi connectivity index (χ0v) is 18.7. The van der Waals surface area contributed by atoms with Crippen molar-refractivity contribution in [3.05, 3.63) is 16.7 Å². The number of H-pyrrole nitrogens is 1. The molecule has 3 rings (SSSR count). The van der Waals surface area contributed by atoms with E-state index in [9.17, 15) is 33.0 Å². The molecule has 2 aromatic rings. The molecule has 2 aromatic heterocycles. The Kier molecular flexibility index (Phi) is 7.89. The van der Waals surface area contributed by atoms with Crippen LogP contribution in [0.1, 0.15) is 6.23 Å². The van der Waals surface area contributed by atoms with E-state index in [2.05, 4.69) is 29.2 Å². The van der Waals surface area contributed by atoms with Crippen molar-refractivity contribution in [1.82, 2.24) is 29.6 Å². The Bertz CT molecular complexity index is 1220. The molecule has 0 spiro atoms. The van der Waals surface area contributed by atoms with Gasteiger partial charge < -0.3 is 30.7 Å². The lowest BCUT2D eigenvalue weighted by molar-refractivity contribution is -0.118. The predicted molar refractivity (Wildman–Crippen MR) is 112 cm³/mol. The number of anilines is 1. The second-order valence-corrected chi connectivity index (χ2v) is 8.40. The first kappa shape index (κ1) is 25.6. The molecule has 7 N–H and O–H groups in total. The van der Waals surface area contributed by atoms with Gasteiger partial charge >= 0.3 is 16.4 Å². The van der Waals surface area contributed by atoms with Gasteiger partial charge in [0.05, 0.1) is 19.5 Å². The third-order valence-electron chi connectivity index (χ3n) is 4.44. The van der Waals surface area contributed by atoms with Gasteiger partial charge in [-0.15, -0.1) is 11.6 Å². The van der Waals surface area contributed by atoms with Gasteiger partial charge in [0.25, 0.3) is 5.56 Å². The number of hydrogen-bond donors (Lipinski definition) is 6. The number of amides is 2. The SMILES string of the molecule is Nc1nc2c(ncn2C2OC(COS(=O)(=O)NC(=O)OCCNC(=O)CCl)C(O)C2O)c(=O)[nH]1. The highest BCUT2D eigenvalue weighted by molar-refractivity contribution is 7.85. The van der Waals surface area contributed by atoms with E-state index in [0.29, 0.717) is 0 Å². The van der Waals surface area contributed by atoms with Crippen molar-refractivity contribution < 1.29 is 41.9 Å². The molecule has 1 fully saturated rings. The Labute approximate surface area is 195 Å². The lowest BCUT2D eigenvalue weighted by Gasteiger charge is -2.16. The summed E-state index contributed by atoms with van der Waals surface area (Å²) in [5, 5.41) is 22.9. The van der Waals surface area contributed by atoms with E-state index < -0.39 is 59.0 Å². The molecule has 17 nitrogen and oxygen atoms in total. The Hall–Kier alpha value is -3.03. The number of alkyl halides is 1. The number of halogens is 1. The van der Waals surface area contributed by atoms with Crippen molar-refractivity contribution in [3.8, 4) is 0 Å². The summed E-state index contributed by atoms with van der Waals surface area (Å²) in [6, 6.07) is 0. The number of aromatic amines is 1. The molecule has 0 aliphatic carbocycles. The number of hydrogen-bond acceptors (Lipinski definition) is 13. The van der Waals surface area contributed by atoms with Crippen molar-refractivity contribution in [2.24, 2.45) is 0 Å². The van der Waals surface area contributed by atoms with Crippen LogP contribution in [0.5, 0.6) is 0 Å². The minimum Gasteiger partial charge on any atom is -0.447 e. The van der Waals surface area contributed by atoms with Crippen LogP contribution in [0.4, 0.5) is 10.7 Å². The first-order chi connectivity index (χ1) is 16.0. The number of nitrogens with one attached hydrogen (secondary N) is 3. The molecule has 34 heavy (non-hydrogen) atoms. The number of nitrogens with zero attached hydrogens (tertiary/aromatic N) is 3. The van der Waals surface area contributed by atoms with Crippen LogP contribution in [0.3, 0.4) is 0 Å². The number of ether oxygens (including phenoxy) is 2. The first-order valence-electron chi connectivity index (χ1n) is 9.43. The molecule has 1 aliphatic heterocycles. The molecule has 0 radical (unpaired) electrons. The van der Waals surface area contributed by atoms with E-state index in [4.69, 9.17) is 22.1 Å². The molecule has 0 bridgehead atoms. The molecule has 1 aliphatic rings. The standard InChI is InChI=1S/C15H20ClN7O10S/c16-3-7(24)18-1-2-31-15(28)22-34(29,30)32-4-6-9(25)10(26)13(33-6)23-5-19-8-11(23)20-14(17)21-12(8)27/h5-6,9-10,13,25-26H,1-4H2,(H,18,24)(H,22,28)(H3,17,20,21,27). The Morgan fingerprint density at radius 2 is 2.09 bits per heavy atom. The number of carbonyl (C=O) groups excluding carboxylic acids is 2. The lowest BCUT2D eigenvalue weighted by Crippen LogP contribution is -2.38. The van der Waals surface area contributed by atoms with Gasteiger partial charge in [-0.25, -0.2) is 9.78 Å². The quantitative estimate of drug-likeness (QED) is 0.138. The van der Waals surface area contributed by atoms with Crippen LogP contribution in [0.25, 0.3) is 11.2 Å². The van der Waals surface area contributed by atoms with E-state index in [0.717, 1.165) is 10.9 Å². The van der Waals surface area contributed by atoms with Crippen LogP contribution in [-0.4, -0.2) is 94.1 Å². The average molecular weight is 526 g/mol. The fourth-order valence-electron chi connectivity index (χ4n) is 2.93. The number of aromatic nitrogens is 4. The number of carbonyl (C=O) groups is 2. The number of fused-ring (bicyclic) bond motifs is 1. The highest BCUT2D eigenvalue weighted by atomic mass is 35.5. The maximum Gasteiger partial charge on any atom is 0.422 e. The number of aliphatic hydroxyl groups excluding tert-OH is 2. The number of aliphatic hydroxyl groups is 2. The van der Waals surface area contributed by atoms with E-state index in [1.54, 1.807) is 0 Å². The predicted octanol–water partition coefficient (Wildman–Crippen LogP) is -3.34. The minimum absolute atomic E-state index is 0.0432. The zero-order valence-electron chi connectivity index (χ0n) is 17.1. The molecule has 1 saturated heterocycles. The maximum absolute atomic E-state index is 11.9. The Morgan fingerprint density at radius 1 is 1.35 bits per heavy atom. The molecule has 3 heterocycles. The molecular weight excluding hydrogens is 506 g/mol. The van der Waals surface area contributed by atoms with Crippen LogP contribution in [0.2, 0.25) is 0 Å². The maximum atomic E-state index is 11.9. The van der Waals surface area contributed by atoms with Gasteiger partial charge in [0, 0.05) is 0 Å². The van der Waals surface area contributed by atoms with Crippen LogP contribution in [0, 0.1) is 0 Å². The van der Waals surface area contributed by atoms with Crippen LogP contribution in [0.15, 0.2) is 11.1 Å². The summed E-state index contributed by atoms with van der Waals surface area (Å²) >= 11 is 5.27. The fraction of sp³-hybridized carbons (Fsp3) is 0.533. The van der Waals surface area contributed by atoms with E-state index in [1.165, 1.54) is 4.72 Å². The van der Waals surface area contributed by atoms with Crippen molar-refractivity contribution in [1.29, 1.82) is 0 Å². The van der Waals surface area contributed by atoms with E-state index in [1.807, 2.05) is 0 Å². The number of nitrogen functional groups attached to an aromatic ring is 1. The molecule has 0 saturated carbocycles. The minimum atomic E-state index is -4.68. The van der Waals surface area contributed by atoms with Crippen LogP contribution < -0.4 is 21.3 Å². The number of imidazole rings is 1. The molecule has 2 amide bonds. The first-order valence-corrected chi connectivity index (χ1v) is 11.4. The van der Waals surface area contributed by atoms with Crippen molar-refractivity contribution in [3.63, 3.8) is 0 Å². The summed E-state index contributed by atoms with van der Waals surface area (Å²) in [6.07, 6.45) is -6.14. The molecule has 4 atom stereocenters. The highest BCUT2D eigenvalue weighted by Crippen LogP contribution is 2.31. The average Bonchev–Trinajstić information content (AvgIpc) is 3.30. The van der Waals surface area contributed by atoms with Gasteiger partial charge in [-0.05, 0) is 0 Å². The van der Waals surface area contributed by atoms with Gasteiger partial charge in [0.2, 0.25) is 11.9 Å². The zero-order chi connectivity index (χ0) is 25.0. The summed E-state index contributed by atoms with van der Waals surface area (Å²) in [5.41, 5.74) is 4.73. The summed E-state index contributed by atoms with van der Waals surface area (Å²) in [5.74, 6) is -1.02. The third-order valence-corrected chi connectivity index (χ3v) is 5.54. The van der Waals surface area contributed by atoms with Gasteiger partial charge in [-0.2, -0.15) is 18.1 Å². The van der Waals surface area contributed by atoms with Crippen LogP contribution in [-0.2, 0) is 28.8 Å². The van der Waals surface area contributed by atoms with E-state index >= 15 is 0 Å². The van der Waals surface area contributed by atoms with Gasteiger partial charge in [-0.3, -0.25) is 23.3 Å². The summed E-state index contributed by atoms with van der Waals surface area (Å²) in [6.45, 7) is -1.25. The molecule has 0 aromatic carbocycles. The second-order valence-electron chi connectivity index (χ2n) is 6.78. The van der Waals surface area contributed by atoms with Crippen LogP contribution >= 0.6 is 11.6 Å². The van der Waals surface area contributed by atoms with Gasteiger partial charge in [-0.1, -0.05) is 0 Å². The highest BCUT2D eigenvalue weighted by Gasteiger charge is 2.45. The largest absolute Gasteiger partial charge is 0.447 e. The number of rotatable bonds is 9. The third kappa shape index (κ3) is 5.90. The van der Waals surface area contributed by atoms with E-state index in [-0.39, 0.29) is 36.1 Å². The Balaban J connectivity index is 1.57. The normalized spacial score (nSPS) is 22.6. The molecule has 4 unspecified atom stereocenters. The lowest BCUT2D eigenvalue weighted by atomic mass is 10.1. The summed E-state index contributed by atoms with van der Waals surface area (Å²) in [7, 11) is -4.68. The topological polar surface area (TPSA) is 250 Å².